The first-order valence-corrected chi connectivity index (χ1v) is 9.73. The smallest absolute Gasteiger partial charge is 0.276 e. The predicted octanol–water partition coefficient (Wildman–Crippen LogP) is 0.211. The van der Waals surface area contributed by atoms with Gasteiger partial charge in [0.1, 0.15) is 5.52 Å². The molecule has 3 aromatic heterocycles. The largest absolute Gasteiger partial charge is 0.339 e. The van der Waals surface area contributed by atoms with E-state index in [1.165, 1.54) is 15.4 Å². The van der Waals surface area contributed by atoms with E-state index in [2.05, 4.69) is 15.2 Å². The zero-order chi connectivity index (χ0) is 20.1. The molecule has 0 spiro atoms. The van der Waals surface area contributed by atoms with Crippen molar-refractivity contribution >= 4 is 17.3 Å². The molecule has 1 aliphatic carbocycles. The molecule has 1 saturated carbocycles. The molecule has 0 radical (unpaired) electrons. The Morgan fingerprint density at radius 3 is 2.59 bits per heavy atom. The Hall–Kier alpha value is -3.43. The Morgan fingerprint density at radius 1 is 1.14 bits per heavy atom. The van der Waals surface area contributed by atoms with Gasteiger partial charge in [0.15, 0.2) is 0 Å². The lowest BCUT2D eigenvalue weighted by molar-refractivity contribution is -0.134. The van der Waals surface area contributed by atoms with Gasteiger partial charge in [-0.1, -0.05) is 0 Å². The first-order chi connectivity index (χ1) is 14.0. The zero-order valence-corrected chi connectivity index (χ0v) is 16.0. The molecule has 0 bridgehead atoms. The second kappa shape index (κ2) is 6.57. The van der Waals surface area contributed by atoms with Gasteiger partial charge in [-0.3, -0.25) is 19.4 Å². The number of H-pyrrole nitrogens is 1. The molecule has 0 unspecified atom stereocenters. The van der Waals surface area contributed by atoms with E-state index in [-0.39, 0.29) is 29.2 Å². The lowest BCUT2D eigenvalue weighted by Crippen LogP contribution is -2.51. The minimum absolute atomic E-state index is 0.128. The lowest BCUT2D eigenvalue weighted by atomic mass is 10.2. The highest BCUT2D eigenvalue weighted by Gasteiger charge is 2.35. The van der Waals surface area contributed by atoms with E-state index in [0.29, 0.717) is 43.0 Å². The number of rotatable bonds is 3. The molecule has 3 aromatic rings. The van der Waals surface area contributed by atoms with Crippen molar-refractivity contribution in [1.82, 2.24) is 34.2 Å². The summed E-state index contributed by atoms with van der Waals surface area (Å²) in [4.78, 5) is 43.7. The van der Waals surface area contributed by atoms with Gasteiger partial charge in [-0.25, -0.2) is 9.20 Å². The summed E-state index contributed by atoms with van der Waals surface area (Å²) in [6.07, 6.45) is 5.16. The Bertz CT molecular complexity index is 1160. The highest BCUT2D eigenvalue weighted by molar-refractivity contribution is 5.95. The van der Waals surface area contributed by atoms with Crippen LogP contribution in [0.15, 0.2) is 29.3 Å². The number of piperazine rings is 1. The van der Waals surface area contributed by atoms with Crippen LogP contribution in [0, 0.1) is 12.8 Å². The molecule has 4 heterocycles. The van der Waals surface area contributed by atoms with Gasteiger partial charge in [0.2, 0.25) is 11.9 Å². The molecule has 1 aliphatic heterocycles. The van der Waals surface area contributed by atoms with Crippen molar-refractivity contribution in [3.63, 3.8) is 0 Å². The molecule has 150 valence electrons. The van der Waals surface area contributed by atoms with E-state index < -0.39 is 0 Å². The molecular weight excluding hydrogens is 374 g/mol. The van der Waals surface area contributed by atoms with Crippen LogP contribution in [0.1, 0.15) is 28.9 Å². The van der Waals surface area contributed by atoms with E-state index in [1.54, 1.807) is 30.2 Å². The van der Waals surface area contributed by atoms with E-state index in [1.807, 2.05) is 4.90 Å². The summed E-state index contributed by atoms with van der Waals surface area (Å²) in [5, 5.41) is 8.62. The van der Waals surface area contributed by atoms with Crippen LogP contribution in [0.3, 0.4) is 0 Å². The molecule has 0 atom stereocenters. The van der Waals surface area contributed by atoms with Crippen LogP contribution in [0.5, 0.6) is 0 Å². The highest BCUT2D eigenvalue weighted by Crippen LogP contribution is 2.31. The summed E-state index contributed by atoms with van der Waals surface area (Å²) in [7, 11) is 0. The number of fused-ring (bicyclic) bond motifs is 1. The van der Waals surface area contributed by atoms with E-state index >= 15 is 0 Å². The number of nitrogens with one attached hydrogen (secondary N) is 1. The Kier molecular flexibility index (Phi) is 4.00. The lowest BCUT2D eigenvalue weighted by Gasteiger charge is -2.34. The molecule has 10 nitrogen and oxygen atoms in total. The van der Waals surface area contributed by atoms with Crippen LogP contribution in [-0.2, 0) is 4.79 Å². The molecular formula is C19H21N7O3. The van der Waals surface area contributed by atoms with Crippen molar-refractivity contribution in [2.24, 2.45) is 5.92 Å². The molecule has 1 N–H and O–H groups in total. The van der Waals surface area contributed by atoms with Crippen LogP contribution in [0.4, 0.5) is 0 Å². The number of amides is 2. The van der Waals surface area contributed by atoms with Gasteiger partial charge in [-0.05, 0) is 31.9 Å². The number of aromatic amines is 1. The van der Waals surface area contributed by atoms with E-state index in [9.17, 15) is 14.4 Å². The number of hydrogen-bond donors (Lipinski definition) is 1. The first kappa shape index (κ1) is 17.7. The Balaban J connectivity index is 1.35. The zero-order valence-electron chi connectivity index (χ0n) is 16.0. The third-order valence-electron chi connectivity index (χ3n) is 5.63. The fourth-order valence-corrected chi connectivity index (χ4v) is 3.75. The van der Waals surface area contributed by atoms with Crippen LogP contribution < -0.4 is 5.56 Å². The Morgan fingerprint density at radius 2 is 1.86 bits per heavy atom. The SMILES string of the molecule is Cc1c(C(=O)N2CCN(C(=O)C3CC3)CC2)cnn1-c1nn2cccc2c(=O)[nH]1. The van der Waals surface area contributed by atoms with Gasteiger partial charge < -0.3 is 9.80 Å². The van der Waals surface area contributed by atoms with Gasteiger partial charge in [0.25, 0.3) is 11.5 Å². The van der Waals surface area contributed by atoms with Gasteiger partial charge in [0, 0.05) is 38.3 Å². The standard InChI is InChI=1S/C19H21N7O3/c1-12-14(18(29)24-9-7-23(8-10-24)17(28)13-4-5-13)11-20-26(12)19-21-16(27)15-3-2-6-25(15)22-19/h2-3,6,11,13H,4-5,7-10H2,1H3,(H,21,22,27). The summed E-state index contributed by atoms with van der Waals surface area (Å²) < 4.78 is 2.94. The van der Waals surface area contributed by atoms with Gasteiger partial charge in [-0.2, -0.15) is 5.10 Å². The third-order valence-corrected chi connectivity index (χ3v) is 5.63. The highest BCUT2D eigenvalue weighted by atomic mass is 16.2. The van der Waals surface area contributed by atoms with E-state index in [4.69, 9.17) is 0 Å². The average molecular weight is 395 g/mol. The molecule has 1 saturated heterocycles. The molecule has 29 heavy (non-hydrogen) atoms. The number of hydrogen-bond acceptors (Lipinski definition) is 5. The molecule has 0 aromatic carbocycles. The van der Waals surface area contributed by atoms with Crippen molar-refractivity contribution in [3.8, 4) is 5.95 Å². The van der Waals surface area contributed by atoms with Gasteiger partial charge in [0.05, 0.1) is 17.5 Å². The summed E-state index contributed by atoms with van der Waals surface area (Å²) in [6, 6.07) is 3.41. The van der Waals surface area contributed by atoms with Crippen LogP contribution in [0.25, 0.3) is 11.5 Å². The quantitative estimate of drug-likeness (QED) is 0.682. The predicted molar refractivity (Wildman–Crippen MR) is 103 cm³/mol. The summed E-state index contributed by atoms with van der Waals surface area (Å²) in [5.74, 6) is 0.535. The third kappa shape index (κ3) is 3.00. The monoisotopic (exact) mass is 395 g/mol. The van der Waals surface area contributed by atoms with Crippen LogP contribution in [0.2, 0.25) is 0 Å². The number of carbonyl (C=O) groups excluding carboxylic acids is 2. The average Bonchev–Trinajstić information content (AvgIpc) is 3.34. The fourth-order valence-electron chi connectivity index (χ4n) is 3.75. The Labute approximate surface area is 165 Å². The summed E-state index contributed by atoms with van der Waals surface area (Å²) >= 11 is 0. The maximum Gasteiger partial charge on any atom is 0.276 e. The fraction of sp³-hybridized carbons (Fsp3) is 0.421. The minimum atomic E-state index is -0.278. The minimum Gasteiger partial charge on any atom is -0.339 e. The maximum absolute atomic E-state index is 13.0. The van der Waals surface area contributed by atoms with Crippen LogP contribution in [-0.4, -0.2) is 72.2 Å². The topological polar surface area (TPSA) is 109 Å². The summed E-state index contributed by atoms with van der Waals surface area (Å²) in [5.41, 5.74) is 1.22. The molecule has 2 aliphatic rings. The van der Waals surface area contributed by atoms with Crippen molar-refractivity contribution < 1.29 is 9.59 Å². The normalized spacial score (nSPS) is 17.1. The second-order valence-electron chi connectivity index (χ2n) is 7.56. The molecule has 5 rings (SSSR count). The number of aromatic nitrogens is 5. The number of nitrogens with zero attached hydrogens (tertiary/aromatic N) is 6. The van der Waals surface area contributed by atoms with E-state index in [0.717, 1.165) is 12.8 Å². The van der Waals surface area contributed by atoms with Crippen LogP contribution >= 0.6 is 0 Å². The molecule has 2 fully saturated rings. The van der Waals surface area contributed by atoms with Crippen molar-refractivity contribution in [3.05, 3.63) is 46.1 Å². The summed E-state index contributed by atoms with van der Waals surface area (Å²) in [6.45, 7) is 3.91. The van der Waals surface area contributed by atoms with Crippen molar-refractivity contribution in [1.29, 1.82) is 0 Å². The van der Waals surface area contributed by atoms with Crippen molar-refractivity contribution in [2.45, 2.75) is 19.8 Å². The second-order valence-corrected chi connectivity index (χ2v) is 7.56. The first-order valence-electron chi connectivity index (χ1n) is 9.73. The maximum atomic E-state index is 13.0. The van der Waals surface area contributed by atoms with Gasteiger partial charge >= 0.3 is 0 Å². The molecule has 10 heteroatoms. The van der Waals surface area contributed by atoms with Crippen molar-refractivity contribution in [2.75, 3.05) is 26.2 Å². The molecule has 2 amide bonds. The number of carbonyl (C=O) groups is 2. The van der Waals surface area contributed by atoms with Gasteiger partial charge in [-0.15, -0.1) is 5.10 Å².